The summed E-state index contributed by atoms with van der Waals surface area (Å²) < 4.78 is 0.597. The highest BCUT2D eigenvalue weighted by Gasteiger charge is 2.08. The van der Waals surface area contributed by atoms with Crippen LogP contribution in [-0.4, -0.2) is 9.97 Å². The quantitative estimate of drug-likeness (QED) is 0.915. The summed E-state index contributed by atoms with van der Waals surface area (Å²) in [5.41, 5.74) is 0.879. The van der Waals surface area contributed by atoms with Crippen LogP contribution in [0.1, 0.15) is 18.5 Å². The van der Waals surface area contributed by atoms with Crippen molar-refractivity contribution in [3.63, 3.8) is 0 Å². The van der Waals surface area contributed by atoms with Crippen LogP contribution in [-0.2, 0) is 0 Å². The summed E-state index contributed by atoms with van der Waals surface area (Å²) in [6.07, 6.45) is 1.51. The van der Waals surface area contributed by atoms with E-state index in [-0.39, 0.29) is 11.6 Å². The minimum absolute atomic E-state index is 0.0269. The number of aromatic amines is 1. The average Bonchev–Trinajstić information content (AvgIpc) is 2.35. The fourth-order valence-corrected chi connectivity index (χ4v) is 1.80. The van der Waals surface area contributed by atoms with Gasteiger partial charge in [-0.25, -0.2) is 4.98 Å². The summed E-state index contributed by atoms with van der Waals surface area (Å²) in [6, 6.07) is 9.92. The summed E-state index contributed by atoms with van der Waals surface area (Å²) in [4.78, 5) is 18.2. The molecule has 0 saturated carbocycles. The number of hydrogen-bond donors (Lipinski definition) is 2. The van der Waals surface area contributed by atoms with Crippen LogP contribution in [0.2, 0.25) is 0 Å². The van der Waals surface area contributed by atoms with Gasteiger partial charge in [-0.05, 0) is 28.4 Å². The Morgan fingerprint density at radius 1 is 1.35 bits per heavy atom. The van der Waals surface area contributed by atoms with E-state index in [2.05, 4.69) is 31.2 Å². The standard InChI is InChI=1S/C12H12BrN3O/c1-8(9-5-3-2-4-6-9)15-11-12(17)14-7-10(13)16-11/h2-8H,1H3,(H,14,17)(H,15,16)/t8-/m1/s1. The van der Waals surface area contributed by atoms with Crippen LogP contribution in [0.15, 0.2) is 45.9 Å². The molecule has 1 heterocycles. The minimum atomic E-state index is -0.226. The molecule has 0 bridgehead atoms. The third-order valence-electron chi connectivity index (χ3n) is 2.41. The molecule has 88 valence electrons. The Labute approximate surface area is 107 Å². The van der Waals surface area contributed by atoms with E-state index in [1.54, 1.807) is 0 Å². The van der Waals surface area contributed by atoms with Crippen LogP contribution in [0.5, 0.6) is 0 Å². The molecule has 0 spiro atoms. The van der Waals surface area contributed by atoms with E-state index in [4.69, 9.17) is 0 Å². The molecule has 5 heteroatoms. The van der Waals surface area contributed by atoms with Gasteiger partial charge in [0.1, 0.15) is 4.60 Å². The highest BCUT2D eigenvalue weighted by Crippen LogP contribution is 2.15. The predicted molar refractivity (Wildman–Crippen MR) is 71.0 cm³/mol. The fraction of sp³-hybridized carbons (Fsp3) is 0.167. The summed E-state index contributed by atoms with van der Waals surface area (Å²) in [5, 5.41) is 3.08. The Balaban J connectivity index is 2.21. The number of H-pyrrole nitrogens is 1. The number of nitrogens with one attached hydrogen (secondary N) is 2. The van der Waals surface area contributed by atoms with Gasteiger partial charge in [-0.3, -0.25) is 4.79 Å². The van der Waals surface area contributed by atoms with E-state index >= 15 is 0 Å². The first-order valence-corrected chi connectivity index (χ1v) is 6.03. The fourth-order valence-electron chi connectivity index (χ4n) is 1.51. The minimum Gasteiger partial charge on any atom is -0.359 e. The Morgan fingerprint density at radius 2 is 2.06 bits per heavy atom. The van der Waals surface area contributed by atoms with Crippen LogP contribution in [0.25, 0.3) is 0 Å². The number of benzene rings is 1. The van der Waals surface area contributed by atoms with Gasteiger partial charge in [-0.15, -0.1) is 0 Å². The van der Waals surface area contributed by atoms with Crippen LogP contribution in [0.4, 0.5) is 5.82 Å². The molecule has 1 atom stereocenters. The van der Waals surface area contributed by atoms with Gasteiger partial charge in [0.2, 0.25) is 0 Å². The molecule has 0 saturated heterocycles. The van der Waals surface area contributed by atoms with Crippen molar-refractivity contribution in [3.8, 4) is 0 Å². The van der Waals surface area contributed by atoms with E-state index in [0.29, 0.717) is 10.4 Å². The molecule has 4 nitrogen and oxygen atoms in total. The summed E-state index contributed by atoms with van der Waals surface area (Å²) in [5.74, 6) is 0.315. The molecule has 0 fully saturated rings. The summed E-state index contributed by atoms with van der Waals surface area (Å²) >= 11 is 3.22. The lowest BCUT2D eigenvalue weighted by atomic mass is 10.1. The molecule has 17 heavy (non-hydrogen) atoms. The van der Waals surface area contributed by atoms with Crippen LogP contribution >= 0.6 is 15.9 Å². The maximum absolute atomic E-state index is 11.5. The number of rotatable bonds is 3. The first-order chi connectivity index (χ1) is 8.16. The Kier molecular flexibility index (Phi) is 3.58. The maximum Gasteiger partial charge on any atom is 0.290 e. The molecule has 0 amide bonds. The van der Waals surface area contributed by atoms with Gasteiger partial charge in [-0.1, -0.05) is 30.3 Å². The maximum atomic E-state index is 11.5. The monoisotopic (exact) mass is 293 g/mol. The van der Waals surface area contributed by atoms with Crippen molar-refractivity contribution in [2.45, 2.75) is 13.0 Å². The molecule has 0 aliphatic carbocycles. The first kappa shape index (κ1) is 11.9. The van der Waals surface area contributed by atoms with Gasteiger partial charge < -0.3 is 10.3 Å². The molecule has 0 radical (unpaired) electrons. The number of anilines is 1. The molecule has 0 aliphatic rings. The Bertz CT molecular complexity index is 553. The topological polar surface area (TPSA) is 57.8 Å². The number of hydrogen-bond acceptors (Lipinski definition) is 3. The average molecular weight is 294 g/mol. The van der Waals surface area contributed by atoms with E-state index < -0.39 is 0 Å². The van der Waals surface area contributed by atoms with Crippen molar-refractivity contribution in [3.05, 3.63) is 57.0 Å². The van der Waals surface area contributed by atoms with Gasteiger partial charge in [0.05, 0.1) is 6.04 Å². The Morgan fingerprint density at radius 3 is 2.76 bits per heavy atom. The molecular weight excluding hydrogens is 282 g/mol. The van der Waals surface area contributed by atoms with Crippen molar-refractivity contribution >= 4 is 21.7 Å². The third kappa shape index (κ3) is 2.94. The highest BCUT2D eigenvalue weighted by atomic mass is 79.9. The second-order valence-corrected chi connectivity index (χ2v) is 4.49. The zero-order valence-electron chi connectivity index (χ0n) is 9.27. The van der Waals surface area contributed by atoms with Gasteiger partial charge in [-0.2, -0.15) is 0 Å². The molecular formula is C12H12BrN3O. The number of nitrogens with zero attached hydrogens (tertiary/aromatic N) is 1. The van der Waals surface area contributed by atoms with Gasteiger partial charge in [0.25, 0.3) is 5.56 Å². The summed E-state index contributed by atoms with van der Waals surface area (Å²) in [6.45, 7) is 1.98. The molecule has 2 N–H and O–H groups in total. The first-order valence-electron chi connectivity index (χ1n) is 5.23. The largest absolute Gasteiger partial charge is 0.359 e. The van der Waals surface area contributed by atoms with Crippen molar-refractivity contribution in [1.82, 2.24) is 9.97 Å². The molecule has 1 aromatic heterocycles. The van der Waals surface area contributed by atoms with Gasteiger partial charge in [0, 0.05) is 6.20 Å². The Hall–Kier alpha value is -1.62. The van der Waals surface area contributed by atoms with Crippen LogP contribution in [0.3, 0.4) is 0 Å². The van der Waals surface area contributed by atoms with Gasteiger partial charge >= 0.3 is 0 Å². The predicted octanol–water partition coefficient (Wildman–Crippen LogP) is 2.71. The smallest absolute Gasteiger partial charge is 0.290 e. The normalized spacial score (nSPS) is 12.1. The molecule has 0 unspecified atom stereocenters. The molecule has 0 aliphatic heterocycles. The lowest BCUT2D eigenvalue weighted by molar-refractivity contribution is 0.864. The van der Waals surface area contributed by atoms with Crippen molar-refractivity contribution in [2.24, 2.45) is 0 Å². The summed E-state index contributed by atoms with van der Waals surface area (Å²) in [7, 11) is 0. The van der Waals surface area contributed by atoms with Gasteiger partial charge in [0.15, 0.2) is 5.82 Å². The van der Waals surface area contributed by atoms with Crippen molar-refractivity contribution < 1.29 is 0 Å². The van der Waals surface area contributed by atoms with E-state index in [9.17, 15) is 4.79 Å². The second-order valence-electron chi connectivity index (χ2n) is 3.68. The highest BCUT2D eigenvalue weighted by molar-refractivity contribution is 9.10. The zero-order chi connectivity index (χ0) is 12.3. The molecule has 2 aromatic rings. The van der Waals surface area contributed by atoms with Crippen molar-refractivity contribution in [2.75, 3.05) is 5.32 Å². The second kappa shape index (κ2) is 5.14. The van der Waals surface area contributed by atoms with Crippen LogP contribution < -0.4 is 10.9 Å². The SMILES string of the molecule is C[C@@H](Nc1nc(Br)c[nH]c1=O)c1ccccc1. The number of halogens is 1. The lowest BCUT2D eigenvalue weighted by Crippen LogP contribution is -2.18. The van der Waals surface area contributed by atoms with E-state index in [1.807, 2.05) is 37.3 Å². The van der Waals surface area contributed by atoms with Crippen LogP contribution in [0, 0.1) is 0 Å². The molecule has 2 rings (SSSR count). The van der Waals surface area contributed by atoms with E-state index in [0.717, 1.165) is 5.56 Å². The third-order valence-corrected chi connectivity index (χ3v) is 2.82. The molecule has 1 aromatic carbocycles. The zero-order valence-corrected chi connectivity index (χ0v) is 10.9. The van der Waals surface area contributed by atoms with Crippen molar-refractivity contribution in [1.29, 1.82) is 0 Å². The number of aromatic nitrogens is 2. The lowest BCUT2D eigenvalue weighted by Gasteiger charge is -2.14. The van der Waals surface area contributed by atoms with E-state index in [1.165, 1.54) is 6.20 Å².